The van der Waals surface area contributed by atoms with Crippen molar-refractivity contribution in [3.8, 4) is 28.6 Å². The monoisotopic (exact) mass is 284 g/mol. The lowest BCUT2D eigenvalue weighted by Gasteiger charge is -2.07. The van der Waals surface area contributed by atoms with E-state index in [4.69, 9.17) is 0 Å². The van der Waals surface area contributed by atoms with Gasteiger partial charge in [-0.3, -0.25) is 4.79 Å². The van der Waals surface area contributed by atoms with E-state index >= 15 is 0 Å². The van der Waals surface area contributed by atoms with Crippen molar-refractivity contribution in [2.45, 2.75) is 6.92 Å². The number of aryl methyl sites for hydroxylation is 1. The molecule has 0 aliphatic heterocycles. The second-order valence-corrected chi connectivity index (χ2v) is 4.77. The Labute approximate surface area is 119 Å². The first kappa shape index (κ1) is 13.0. The number of hydrogen-bond donors (Lipinski definition) is 4. The molecule has 0 bridgehead atoms. The number of nitrogens with zero attached hydrogens (tertiary/aromatic N) is 1. The molecule has 0 aliphatic rings. The van der Waals surface area contributed by atoms with E-state index < -0.39 is 22.8 Å². The molecule has 6 heteroatoms. The van der Waals surface area contributed by atoms with Gasteiger partial charge in [-0.25, -0.2) is 4.98 Å². The van der Waals surface area contributed by atoms with Crippen LogP contribution in [0.5, 0.6) is 17.2 Å². The van der Waals surface area contributed by atoms with E-state index in [-0.39, 0.29) is 10.9 Å². The van der Waals surface area contributed by atoms with Crippen molar-refractivity contribution in [1.82, 2.24) is 9.97 Å². The molecule has 0 aliphatic carbocycles. The van der Waals surface area contributed by atoms with Crippen LogP contribution < -0.4 is 5.56 Å². The number of phenolic OH excluding ortho intramolecular Hbond substituents is 3. The largest absolute Gasteiger partial charge is 0.504 e. The average molecular weight is 284 g/mol. The Hall–Kier alpha value is -3.02. The molecule has 4 N–H and O–H groups in total. The summed E-state index contributed by atoms with van der Waals surface area (Å²) in [4.78, 5) is 18.8. The molecule has 0 atom stereocenters. The minimum absolute atomic E-state index is 0.0992. The van der Waals surface area contributed by atoms with Gasteiger partial charge in [0.25, 0.3) is 5.56 Å². The third-order valence-electron chi connectivity index (χ3n) is 3.25. The number of rotatable bonds is 1. The zero-order valence-electron chi connectivity index (χ0n) is 11.1. The highest BCUT2D eigenvalue weighted by atomic mass is 16.3. The van der Waals surface area contributed by atoms with Crippen LogP contribution in [0.15, 0.2) is 35.1 Å². The fraction of sp³-hybridized carbons (Fsp3) is 0.0667. The Morgan fingerprint density at radius 1 is 1.05 bits per heavy atom. The third-order valence-corrected chi connectivity index (χ3v) is 3.25. The highest BCUT2D eigenvalue weighted by Crippen LogP contribution is 2.39. The number of benzene rings is 2. The Balaban J connectivity index is 2.31. The molecule has 0 radical (unpaired) electrons. The maximum absolute atomic E-state index is 12.1. The van der Waals surface area contributed by atoms with E-state index in [9.17, 15) is 20.1 Å². The summed E-state index contributed by atoms with van der Waals surface area (Å²) in [6.07, 6.45) is 0. The topological polar surface area (TPSA) is 106 Å². The molecule has 0 saturated carbocycles. The van der Waals surface area contributed by atoms with E-state index in [2.05, 4.69) is 9.97 Å². The minimum Gasteiger partial charge on any atom is -0.504 e. The van der Waals surface area contributed by atoms with Crippen molar-refractivity contribution >= 4 is 10.9 Å². The van der Waals surface area contributed by atoms with Gasteiger partial charge in [0.15, 0.2) is 11.5 Å². The van der Waals surface area contributed by atoms with Crippen LogP contribution in [0.1, 0.15) is 5.56 Å². The summed E-state index contributed by atoms with van der Waals surface area (Å²) < 4.78 is 0. The summed E-state index contributed by atoms with van der Waals surface area (Å²) in [7, 11) is 0. The molecule has 3 aromatic rings. The standard InChI is InChI=1S/C15H12N2O4/c1-7-2-4-8(5-3-7)14-16-9-6-10(18)12(19)13(20)11(9)15(21)17-14/h2-6,18-20H,1H3,(H,16,17,21). The molecular formula is C15H12N2O4. The van der Waals surface area contributed by atoms with Gasteiger partial charge in [0.2, 0.25) is 5.75 Å². The van der Waals surface area contributed by atoms with E-state index in [0.29, 0.717) is 11.4 Å². The molecule has 21 heavy (non-hydrogen) atoms. The lowest BCUT2D eigenvalue weighted by molar-refractivity contribution is 0.371. The van der Waals surface area contributed by atoms with Gasteiger partial charge in [-0.05, 0) is 6.92 Å². The Kier molecular flexibility index (Phi) is 2.79. The third kappa shape index (κ3) is 2.06. The molecule has 0 spiro atoms. The van der Waals surface area contributed by atoms with Gasteiger partial charge in [-0.15, -0.1) is 0 Å². The number of phenols is 3. The second-order valence-electron chi connectivity index (χ2n) is 4.77. The zero-order chi connectivity index (χ0) is 15.1. The predicted octanol–water partition coefficient (Wildman–Crippen LogP) is 2.02. The van der Waals surface area contributed by atoms with Crippen molar-refractivity contribution < 1.29 is 15.3 Å². The van der Waals surface area contributed by atoms with Crippen LogP contribution in [0.2, 0.25) is 0 Å². The van der Waals surface area contributed by atoms with Crippen molar-refractivity contribution in [3.63, 3.8) is 0 Å². The summed E-state index contributed by atoms with van der Waals surface area (Å²) in [6, 6.07) is 8.51. The number of aromatic amines is 1. The minimum atomic E-state index is -0.738. The van der Waals surface area contributed by atoms with Crippen LogP contribution in [-0.2, 0) is 0 Å². The van der Waals surface area contributed by atoms with Crippen LogP contribution in [0.25, 0.3) is 22.3 Å². The van der Waals surface area contributed by atoms with Gasteiger partial charge in [0.05, 0.1) is 5.52 Å². The van der Waals surface area contributed by atoms with E-state index in [1.807, 2.05) is 19.1 Å². The van der Waals surface area contributed by atoms with E-state index in [1.54, 1.807) is 12.1 Å². The number of nitrogens with one attached hydrogen (secondary N) is 1. The number of hydrogen-bond acceptors (Lipinski definition) is 5. The molecule has 1 aromatic heterocycles. The summed E-state index contributed by atoms with van der Waals surface area (Å²) in [5.41, 5.74) is 1.28. The molecule has 0 saturated heterocycles. The van der Waals surface area contributed by atoms with Gasteiger partial charge in [0, 0.05) is 11.6 Å². The number of fused-ring (bicyclic) bond motifs is 1. The quantitative estimate of drug-likeness (QED) is 0.511. The van der Waals surface area contributed by atoms with Crippen molar-refractivity contribution in [1.29, 1.82) is 0 Å². The highest BCUT2D eigenvalue weighted by Gasteiger charge is 2.16. The van der Waals surface area contributed by atoms with Gasteiger partial charge in [0.1, 0.15) is 11.2 Å². The number of aromatic nitrogens is 2. The average Bonchev–Trinajstić information content (AvgIpc) is 2.45. The zero-order valence-corrected chi connectivity index (χ0v) is 11.1. The predicted molar refractivity (Wildman–Crippen MR) is 77.5 cm³/mol. The molecule has 0 fully saturated rings. The maximum atomic E-state index is 12.1. The summed E-state index contributed by atoms with van der Waals surface area (Å²) in [5, 5.41) is 28.6. The van der Waals surface area contributed by atoms with Gasteiger partial charge in [-0.1, -0.05) is 29.8 Å². The van der Waals surface area contributed by atoms with Crippen molar-refractivity contribution in [2.24, 2.45) is 0 Å². The Morgan fingerprint density at radius 2 is 1.71 bits per heavy atom. The highest BCUT2D eigenvalue weighted by molar-refractivity contribution is 5.89. The van der Waals surface area contributed by atoms with Gasteiger partial charge in [-0.2, -0.15) is 0 Å². The lowest BCUT2D eigenvalue weighted by atomic mass is 10.1. The van der Waals surface area contributed by atoms with Gasteiger partial charge < -0.3 is 20.3 Å². The molecule has 3 rings (SSSR count). The van der Waals surface area contributed by atoms with Crippen LogP contribution in [0.4, 0.5) is 0 Å². The first-order valence-electron chi connectivity index (χ1n) is 6.22. The molecule has 0 amide bonds. The van der Waals surface area contributed by atoms with Crippen LogP contribution in [-0.4, -0.2) is 25.3 Å². The molecule has 106 valence electrons. The van der Waals surface area contributed by atoms with E-state index in [1.165, 1.54) is 0 Å². The van der Waals surface area contributed by atoms with Gasteiger partial charge >= 0.3 is 0 Å². The summed E-state index contributed by atoms with van der Waals surface area (Å²) >= 11 is 0. The summed E-state index contributed by atoms with van der Waals surface area (Å²) in [5.74, 6) is -1.64. The molecule has 2 aromatic carbocycles. The first-order valence-corrected chi connectivity index (χ1v) is 6.22. The first-order chi connectivity index (χ1) is 9.97. The number of aromatic hydroxyl groups is 3. The lowest BCUT2D eigenvalue weighted by Crippen LogP contribution is -2.09. The molecule has 0 unspecified atom stereocenters. The normalized spacial score (nSPS) is 10.9. The molecule has 1 heterocycles. The van der Waals surface area contributed by atoms with Crippen LogP contribution in [0.3, 0.4) is 0 Å². The second kappa shape index (κ2) is 4.52. The Bertz CT molecular complexity index is 898. The van der Waals surface area contributed by atoms with Crippen molar-refractivity contribution in [2.75, 3.05) is 0 Å². The maximum Gasteiger partial charge on any atom is 0.262 e. The molecular weight excluding hydrogens is 272 g/mol. The fourth-order valence-electron chi connectivity index (χ4n) is 2.11. The molecule has 6 nitrogen and oxygen atoms in total. The van der Waals surface area contributed by atoms with Crippen molar-refractivity contribution in [3.05, 3.63) is 46.2 Å². The summed E-state index contributed by atoms with van der Waals surface area (Å²) in [6.45, 7) is 1.94. The Morgan fingerprint density at radius 3 is 2.38 bits per heavy atom. The SMILES string of the molecule is Cc1ccc(-c2nc3cc(O)c(O)c(O)c3c(=O)[nH]2)cc1. The van der Waals surface area contributed by atoms with Crippen LogP contribution in [0, 0.1) is 6.92 Å². The van der Waals surface area contributed by atoms with E-state index in [0.717, 1.165) is 11.6 Å². The fourth-order valence-corrected chi connectivity index (χ4v) is 2.11. The number of H-pyrrole nitrogens is 1. The smallest absolute Gasteiger partial charge is 0.262 e. The van der Waals surface area contributed by atoms with Crippen LogP contribution >= 0.6 is 0 Å².